The van der Waals surface area contributed by atoms with Crippen molar-refractivity contribution in [3.63, 3.8) is 0 Å². The standard InChI is InChI=1S/C10H15N3O4S/c1-12-9(3-5-11-12)18(15,16)13-6-4-8(7-13)10(14)17-2/h3,5,8H,4,6-7H2,1-2H3. The minimum atomic E-state index is -3.57. The molecule has 0 aliphatic carbocycles. The van der Waals surface area contributed by atoms with Crippen LogP contribution in [0.3, 0.4) is 0 Å². The van der Waals surface area contributed by atoms with E-state index < -0.39 is 10.0 Å². The summed E-state index contributed by atoms with van der Waals surface area (Å²) in [6, 6.07) is 1.45. The lowest BCUT2D eigenvalue weighted by molar-refractivity contribution is -0.144. The van der Waals surface area contributed by atoms with Crippen LogP contribution in [0.25, 0.3) is 0 Å². The largest absolute Gasteiger partial charge is 0.469 e. The van der Waals surface area contributed by atoms with Crippen molar-refractivity contribution in [2.45, 2.75) is 11.4 Å². The fraction of sp³-hybridized carbons (Fsp3) is 0.600. The van der Waals surface area contributed by atoms with Gasteiger partial charge in [-0.25, -0.2) is 8.42 Å². The van der Waals surface area contributed by atoms with Crippen LogP contribution in [-0.2, 0) is 26.6 Å². The lowest BCUT2D eigenvalue weighted by Crippen LogP contribution is -2.31. The summed E-state index contributed by atoms with van der Waals surface area (Å²) < 4.78 is 31.8. The van der Waals surface area contributed by atoms with Crippen molar-refractivity contribution in [2.75, 3.05) is 20.2 Å². The second kappa shape index (κ2) is 4.69. The zero-order valence-corrected chi connectivity index (χ0v) is 11.1. The molecule has 0 N–H and O–H groups in total. The highest BCUT2D eigenvalue weighted by Crippen LogP contribution is 2.24. The zero-order chi connectivity index (χ0) is 13.3. The first-order chi connectivity index (χ1) is 8.46. The Bertz CT molecular complexity index is 551. The number of methoxy groups -OCH3 is 1. The normalized spacial score (nSPS) is 21.1. The second-order valence-electron chi connectivity index (χ2n) is 4.16. The van der Waals surface area contributed by atoms with Gasteiger partial charge < -0.3 is 4.74 Å². The van der Waals surface area contributed by atoms with Gasteiger partial charge in [0.25, 0.3) is 10.0 Å². The summed E-state index contributed by atoms with van der Waals surface area (Å²) in [5, 5.41) is 3.98. The van der Waals surface area contributed by atoms with Gasteiger partial charge >= 0.3 is 5.97 Å². The van der Waals surface area contributed by atoms with Gasteiger partial charge in [-0.1, -0.05) is 0 Å². The van der Waals surface area contributed by atoms with Crippen LogP contribution in [-0.4, -0.2) is 48.7 Å². The number of hydrogen-bond acceptors (Lipinski definition) is 5. The molecule has 1 aromatic heterocycles. The highest BCUT2D eigenvalue weighted by Gasteiger charge is 2.37. The molecule has 0 amide bonds. The molecule has 8 heteroatoms. The van der Waals surface area contributed by atoms with Crippen molar-refractivity contribution in [2.24, 2.45) is 13.0 Å². The van der Waals surface area contributed by atoms with E-state index in [4.69, 9.17) is 0 Å². The number of ether oxygens (including phenoxy) is 1. The summed E-state index contributed by atoms with van der Waals surface area (Å²) in [6.07, 6.45) is 1.92. The van der Waals surface area contributed by atoms with Crippen LogP contribution in [0.5, 0.6) is 0 Å². The van der Waals surface area contributed by atoms with Crippen LogP contribution < -0.4 is 0 Å². The van der Waals surface area contributed by atoms with E-state index in [1.807, 2.05) is 0 Å². The average Bonchev–Trinajstić information content (AvgIpc) is 2.96. The van der Waals surface area contributed by atoms with Crippen molar-refractivity contribution in [1.29, 1.82) is 0 Å². The van der Waals surface area contributed by atoms with Gasteiger partial charge in [-0.2, -0.15) is 9.40 Å². The van der Waals surface area contributed by atoms with Crippen LogP contribution in [0.4, 0.5) is 0 Å². The molecule has 1 unspecified atom stereocenters. The molecule has 1 fully saturated rings. The minimum Gasteiger partial charge on any atom is -0.469 e. The molecule has 2 rings (SSSR count). The average molecular weight is 273 g/mol. The van der Waals surface area contributed by atoms with Gasteiger partial charge in [-0.05, 0) is 12.5 Å². The van der Waals surface area contributed by atoms with E-state index in [0.717, 1.165) is 0 Å². The van der Waals surface area contributed by atoms with E-state index >= 15 is 0 Å². The van der Waals surface area contributed by atoms with Crippen molar-refractivity contribution in [3.8, 4) is 0 Å². The number of carbonyl (C=O) groups is 1. The first-order valence-electron chi connectivity index (χ1n) is 5.53. The third-order valence-electron chi connectivity index (χ3n) is 3.07. The topological polar surface area (TPSA) is 81.5 Å². The molecule has 2 heterocycles. The van der Waals surface area contributed by atoms with E-state index in [1.54, 1.807) is 7.05 Å². The summed E-state index contributed by atoms with van der Waals surface area (Å²) >= 11 is 0. The third-order valence-corrected chi connectivity index (χ3v) is 5.01. The number of nitrogens with zero attached hydrogens (tertiary/aromatic N) is 3. The maximum absolute atomic E-state index is 12.3. The monoisotopic (exact) mass is 273 g/mol. The van der Waals surface area contributed by atoms with E-state index in [9.17, 15) is 13.2 Å². The smallest absolute Gasteiger partial charge is 0.310 e. The molecule has 0 bridgehead atoms. The van der Waals surface area contributed by atoms with Gasteiger partial charge in [-0.3, -0.25) is 9.48 Å². The first-order valence-corrected chi connectivity index (χ1v) is 6.97. The Kier molecular flexibility index (Phi) is 3.40. The molecule has 1 aromatic rings. The molecular weight excluding hydrogens is 258 g/mol. The Balaban J connectivity index is 2.19. The molecule has 1 saturated heterocycles. The molecule has 0 radical (unpaired) electrons. The van der Waals surface area contributed by atoms with Crippen LogP contribution >= 0.6 is 0 Å². The van der Waals surface area contributed by atoms with Gasteiger partial charge in [0.1, 0.15) is 0 Å². The SMILES string of the molecule is COC(=O)C1CCN(S(=O)(=O)c2ccnn2C)C1. The van der Waals surface area contributed by atoms with Crippen molar-refractivity contribution < 1.29 is 17.9 Å². The summed E-state index contributed by atoms with van der Waals surface area (Å²) in [5.74, 6) is -0.740. The predicted octanol–water partition coefficient (Wildman–Crippen LogP) is -0.396. The van der Waals surface area contributed by atoms with Crippen molar-refractivity contribution >= 4 is 16.0 Å². The van der Waals surface area contributed by atoms with Crippen molar-refractivity contribution in [3.05, 3.63) is 12.3 Å². The minimum absolute atomic E-state index is 0.132. The summed E-state index contributed by atoms with van der Waals surface area (Å²) in [6.45, 7) is 0.494. The van der Waals surface area contributed by atoms with Gasteiger partial charge in [-0.15, -0.1) is 0 Å². The van der Waals surface area contributed by atoms with Gasteiger partial charge in [0.15, 0.2) is 5.03 Å². The molecule has 18 heavy (non-hydrogen) atoms. The van der Waals surface area contributed by atoms with Crippen LogP contribution in [0.1, 0.15) is 6.42 Å². The van der Waals surface area contributed by atoms with Crippen LogP contribution in [0.2, 0.25) is 0 Å². The Morgan fingerprint density at radius 1 is 1.56 bits per heavy atom. The number of rotatable bonds is 3. The highest BCUT2D eigenvalue weighted by atomic mass is 32.2. The number of aromatic nitrogens is 2. The predicted molar refractivity (Wildman–Crippen MR) is 62.1 cm³/mol. The Morgan fingerprint density at radius 3 is 2.83 bits per heavy atom. The summed E-state index contributed by atoms with van der Waals surface area (Å²) in [4.78, 5) is 11.4. The molecule has 0 aromatic carbocycles. The number of sulfonamides is 1. The van der Waals surface area contributed by atoms with Crippen LogP contribution in [0, 0.1) is 5.92 Å². The fourth-order valence-corrected chi connectivity index (χ4v) is 3.65. The third kappa shape index (κ3) is 2.13. The quantitative estimate of drug-likeness (QED) is 0.700. The van der Waals surface area contributed by atoms with Gasteiger partial charge in [0.2, 0.25) is 0 Å². The van der Waals surface area contributed by atoms with E-state index in [-0.39, 0.29) is 23.5 Å². The fourth-order valence-electron chi connectivity index (χ4n) is 2.05. The lowest BCUT2D eigenvalue weighted by atomic mass is 10.1. The molecule has 1 atom stereocenters. The van der Waals surface area contributed by atoms with E-state index in [0.29, 0.717) is 13.0 Å². The number of hydrogen-bond donors (Lipinski definition) is 0. The maximum Gasteiger partial charge on any atom is 0.310 e. The van der Waals surface area contributed by atoms with Crippen molar-refractivity contribution in [1.82, 2.24) is 14.1 Å². The van der Waals surface area contributed by atoms with Gasteiger partial charge in [0.05, 0.1) is 19.2 Å². The number of carbonyl (C=O) groups excluding carboxylic acids is 1. The highest BCUT2D eigenvalue weighted by molar-refractivity contribution is 7.89. The van der Waals surface area contributed by atoms with E-state index in [1.165, 1.54) is 28.4 Å². The second-order valence-corrected chi connectivity index (χ2v) is 6.05. The molecule has 1 aliphatic rings. The molecule has 100 valence electrons. The molecule has 1 aliphatic heterocycles. The molecule has 0 saturated carbocycles. The molecular formula is C10H15N3O4S. The molecule has 7 nitrogen and oxygen atoms in total. The maximum atomic E-state index is 12.3. The Morgan fingerprint density at radius 2 is 2.28 bits per heavy atom. The number of esters is 1. The first kappa shape index (κ1) is 13.0. The van der Waals surface area contributed by atoms with Gasteiger partial charge in [0, 0.05) is 20.1 Å². The zero-order valence-electron chi connectivity index (χ0n) is 10.2. The summed E-state index contributed by atoms with van der Waals surface area (Å²) in [7, 11) is -0.698. The number of aryl methyl sites for hydroxylation is 1. The molecule has 0 spiro atoms. The van der Waals surface area contributed by atoms with Crippen LogP contribution in [0.15, 0.2) is 17.3 Å². The Labute approximate surface area is 105 Å². The summed E-state index contributed by atoms with van der Waals surface area (Å²) in [5.41, 5.74) is 0. The van der Waals surface area contributed by atoms with E-state index in [2.05, 4.69) is 9.84 Å². The Hall–Kier alpha value is -1.41. The lowest BCUT2D eigenvalue weighted by Gasteiger charge is -2.15.